The molecule has 2 aliphatic heterocycles. The minimum absolute atomic E-state index is 0.0211. The molecule has 1 aromatic rings. The van der Waals surface area contributed by atoms with Crippen molar-refractivity contribution in [3.8, 4) is 0 Å². The summed E-state index contributed by atoms with van der Waals surface area (Å²) in [5.41, 5.74) is -0.638. The van der Waals surface area contributed by atoms with Crippen molar-refractivity contribution in [3.63, 3.8) is 0 Å². The van der Waals surface area contributed by atoms with Crippen LogP contribution in [0.5, 0.6) is 0 Å². The van der Waals surface area contributed by atoms with Crippen LogP contribution in [0.4, 0.5) is 18.0 Å². The second kappa shape index (κ2) is 9.60. The minimum atomic E-state index is -4.65. The van der Waals surface area contributed by atoms with E-state index < -0.39 is 29.7 Å². The lowest BCUT2D eigenvalue weighted by Gasteiger charge is -2.33. The molecule has 0 bridgehead atoms. The first kappa shape index (κ1) is 23.6. The van der Waals surface area contributed by atoms with Crippen LogP contribution in [-0.2, 0) is 20.5 Å². The number of carbonyl (C=O) groups is 3. The van der Waals surface area contributed by atoms with Crippen molar-refractivity contribution in [2.24, 2.45) is 0 Å². The molecule has 32 heavy (non-hydrogen) atoms. The first-order valence-electron chi connectivity index (χ1n) is 10.2. The molecule has 4 amide bonds. The molecule has 2 N–H and O–H groups in total. The van der Waals surface area contributed by atoms with Gasteiger partial charge in [0.25, 0.3) is 5.91 Å². The Balaban J connectivity index is 1.87. The number of benzene rings is 1. The third kappa shape index (κ3) is 4.72. The first-order valence-corrected chi connectivity index (χ1v) is 10.2. The highest BCUT2D eigenvalue weighted by molar-refractivity contribution is 6.01. The Morgan fingerprint density at radius 2 is 2.00 bits per heavy atom. The lowest BCUT2D eigenvalue weighted by atomic mass is 9.91. The number of ether oxygens (including phenoxy) is 1. The topological polar surface area (TPSA) is 91.0 Å². The summed E-state index contributed by atoms with van der Waals surface area (Å²) >= 11 is 0. The summed E-state index contributed by atoms with van der Waals surface area (Å²) in [6, 6.07) is 3.08. The maximum absolute atomic E-state index is 13.6. The average Bonchev–Trinajstić information content (AvgIpc) is 3.07. The van der Waals surface area contributed by atoms with Gasteiger partial charge in [0.1, 0.15) is 0 Å². The number of urea groups is 1. The van der Waals surface area contributed by atoms with Gasteiger partial charge in [-0.05, 0) is 18.6 Å². The number of alkyl halides is 3. The van der Waals surface area contributed by atoms with E-state index in [1.807, 2.05) is 0 Å². The summed E-state index contributed by atoms with van der Waals surface area (Å²) in [5, 5.41) is 5.21. The molecule has 0 fully saturated rings. The highest BCUT2D eigenvalue weighted by atomic mass is 19.4. The third-order valence-corrected chi connectivity index (χ3v) is 5.43. The van der Waals surface area contributed by atoms with Gasteiger partial charge in [-0.25, -0.2) is 4.79 Å². The van der Waals surface area contributed by atoms with Gasteiger partial charge in [0.15, 0.2) is 0 Å². The summed E-state index contributed by atoms with van der Waals surface area (Å²) in [5.74, 6) is -0.773. The van der Waals surface area contributed by atoms with Crippen LogP contribution in [-0.4, -0.2) is 67.5 Å². The molecule has 0 aromatic heterocycles. The molecular weight excluding hydrogens is 429 g/mol. The van der Waals surface area contributed by atoms with E-state index in [1.54, 1.807) is 6.92 Å². The van der Waals surface area contributed by atoms with Crippen LogP contribution in [0.15, 0.2) is 35.5 Å². The fourth-order valence-electron chi connectivity index (χ4n) is 3.92. The number of carbonyl (C=O) groups excluding carboxylic acids is 3. The van der Waals surface area contributed by atoms with E-state index in [0.29, 0.717) is 18.8 Å². The fraction of sp³-hybridized carbons (Fsp3) is 0.476. The maximum atomic E-state index is 13.6. The van der Waals surface area contributed by atoms with Crippen molar-refractivity contribution in [2.75, 3.05) is 39.9 Å². The number of likely N-dealkylation sites (N-methyl/N-ethyl adjacent to an activating group) is 1. The summed E-state index contributed by atoms with van der Waals surface area (Å²) in [7, 11) is 1.51. The summed E-state index contributed by atoms with van der Waals surface area (Å²) in [6.07, 6.45) is -4.63. The van der Waals surface area contributed by atoms with Gasteiger partial charge in [0.2, 0.25) is 5.91 Å². The van der Waals surface area contributed by atoms with E-state index in [0.717, 1.165) is 6.07 Å². The SMILES string of the molecule is CCN1C(=O)N[C@@H](c2ccccc2C(F)(F)F)C2=C1CN(CCC(=O)NCCOC)C2=O. The van der Waals surface area contributed by atoms with Crippen molar-refractivity contribution in [3.05, 3.63) is 46.7 Å². The minimum Gasteiger partial charge on any atom is -0.383 e. The van der Waals surface area contributed by atoms with Crippen molar-refractivity contribution in [1.29, 1.82) is 0 Å². The van der Waals surface area contributed by atoms with Gasteiger partial charge in [-0.1, -0.05) is 18.2 Å². The standard InChI is InChI=1S/C21H25F3N4O4/c1-3-28-15-12-27(10-8-16(29)25-9-11-32-2)19(30)17(15)18(26-20(28)31)13-6-4-5-7-14(13)21(22,23)24/h4-7,18H,3,8-12H2,1-2H3,(H,25,29)(H,26,31)/t18-/m0/s1. The molecule has 0 aliphatic carbocycles. The molecular formula is C21H25F3N4O4. The van der Waals surface area contributed by atoms with Gasteiger partial charge in [0.05, 0.1) is 36.0 Å². The molecule has 1 atom stereocenters. The Kier molecular flexibility index (Phi) is 7.07. The van der Waals surface area contributed by atoms with Crippen molar-refractivity contribution in [1.82, 2.24) is 20.4 Å². The zero-order valence-corrected chi connectivity index (χ0v) is 17.8. The van der Waals surface area contributed by atoms with Gasteiger partial charge in [-0.15, -0.1) is 0 Å². The quantitative estimate of drug-likeness (QED) is 0.589. The van der Waals surface area contributed by atoms with Gasteiger partial charge < -0.3 is 20.3 Å². The summed E-state index contributed by atoms with van der Waals surface area (Å²) < 4.78 is 45.7. The van der Waals surface area contributed by atoms with Crippen molar-refractivity contribution >= 4 is 17.8 Å². The molecule has 2 aliphatic rings. The predicted molar refractivity (Wildman–Crippen MR) is 108 cm³/mol. The van der Waals surface area contributed by atoms with E-state index in [-0.39, 0.29) is 43.1 Å². The summed E-state index contributed by atoms with van der Waals surface area (Å²) in [6.45, 7) is 2.76. The summed E-state index contributed by atoms with van der Waals surface area (Å²) in [4.78, 5) is 40.5. The van der Waals surface area contributed by atoms with Crippen LogP contribution in [0, 0.1) is 0 Å². The zero-order chi connectivity index (χ0) is 23.5. The van der Waals surface area contributed by atoms with Crippen LogP contribution in [0.2, 0.25) is 0 Å². The van der Waals surface area contributed by atoms with Crippen LogP contribution in [0.3, 0.4) is 0 Å². The number of halogens is 3. The van der Waals surface area contributed by atoms with Crippen molar-refractivity contribution in [2.45, 2.75) is 25.6 Å². The molecule has 0 spiro atoms. The average molecular weight is 454 g/mol. The van der Waals surface area contributed by atoms with Gasteiger partial charge in [-0.3, -0.25) is 14.5 Å². The highest BCUT2D eigenvalue weighted by Gasteiger charge is 2.46. The maximum Gasteiger partial charge on any atom is 0.416 e. The second-order valence-electron chi connectivity index (χ2n) is 7.39. The van der Waals surface area contributed by atoms with E-state index >= 15 is 0 Å². The normalized spacial score (nSPS) is 18.7. The zero-order valence-electron chi connectivity index (χ0n) is 17.8. The van der Waals surface area contributed by atoms with Gasteiger partial charge in [0, 0.05) is 33.2 Å². The van der Waals surface area contributed by atoms with Gasteiger partial charge in [-0.2, -0.15) is 13.2 Å². The number of nitrogens with zero attached hydrogens (tertiary/aromatic N) is 2. The van der Waals surface area contributed by atoms with E-state index in [1.165, 1.54) is 35.1 Å². The van der Waals surface area contributed by atoms with Crippen molar-refractivity contribution < 1.29 is 32.3 Å². The lowest BCUT2D eigenvalue weighted by Crippen LogP contribution is -2.47. The number of methoxy groups -OCH3 is 1. The molecule has 0 saturated heterocycles. The van der Waals surface area contributed by atoms with Crippen LogP contribution < -0.4 is 10.6 Å². The molecule has 174 valence electrons. The number of rotatable bonds is 8. The Morgan fingerprint density at radius 3 is 2.66 bits per heavy atom. The molecule has 2 heterocycles. The molecule has 0 unspecified atom stereocenters. The lowest BCUT2D eigenvalue weighted by molar-refractivity contribution is -0.138. The van der Waals surface area contributed by atoms with Crippen LogP contribution >= 0.6 is 0 Å². The smallest absolute Gasteiger partial charge is 0.383 e. The molecule has 1 aromatic carbocycles. The number of amides is 4. The molecule has 11 heteroatoms. The van der Waals surface area contributed by atoms with Gasteiger partial charge >= 0.3 is 12.2 Å². The van der Waals surface area contributed by atoms with E-state index in [9.17, 15) is 27.6 Å². The highest BCUT2D eigenvalue weighted by Crippen LogP contribution is 2.41. The fourth-order valence-corrected chi connectivity index (χ4v) is 3.92. The number of hydrogen-bond donors (Lipinski definition) is 2. The Labute approximate surface area is 183 Å². The molecule has 0 radical (unpaired) electrons. The third-order valence-electron chi connectivity index (χ3n) is 5.43. The van der Waals surface area contributed by atoms with E-state index in [4.69, 9.17) is 4.74 Å². The number of nitrogens with one attached hydrogen (secondary N) is 2. The number of hydrogen-bond acceptors (Lipinski definition) is 4. The first-order chi connectivity index (χ1) is 15.2. The molecule has 3 rings (SSSR count). The largest absolute Gasteiger partial charge is 0.416 e. The predicted octanol–water partition coefficient (Wildman–Crippen LogP) is 2.04. The van der Waals surface area contributed by atoms with Crippen LogP contribution in [0.1, 0.15) is 30.5 Å². The Hall–Kier alpha value is -3.08. The van der Waals surface area contributed by atoms with Crippen LogP contribution in [0.25, 0.3) is 0 Å². The van der Waals surface area contributed by atoms with E-state index in [2.05, 4.69) is 10.6 Å². The molecule has 8 nitrogen and oxygen atoms in total. The Morgan fingerprint density at radius 1 is 1.28 bits per heavy atom. The molecule has 0 saturated carbocycles. The Bertz CT molecular complexity index is 932. The second-order valence-corrected chi connectivity index (χ2v) is 7.39. The monoisotopic (exact) mass is 454 g/mol.